The fourth-order valence-electron chi connectivity index (χ4n) is 8.94. The highest BCUT2D eigenvalue weighted by Crippen LogP contribution is 2.60. The number of para-hydroxylation sites is 2. The number of hydrogen-bond donors (Lipinski definition) is 0. The molecule has 2 heterocycles. The Hall–Kier alpha value is -6.12. The van der Waals surface area contributed by atoms with Crippen molar-refractivity contribution in [2.75, 3.05) is 9.80 Å². The van der Waals surface area contributed by atoms with Gasteiger partial charge in [-0.2, -0.15) is 0 Å². The smallest absolute Gasteiger partial charge is 0.0543 e. The Bertz CT molecular complexity index is 2700. The lowest BCUT2D eigenvalue weighted by molar-refractivity contribution is 0.597. The van der Waals surface area contributed by atoms with Crippen molar-refractivity contribution < 1.29 is 0 Å². The molecule has 8 aromatic rings. The fourth-order valence-corrected chi connectivity index (χ4v) is 8.94. The molecule has 0 fully saturated rings. The van der Waals surface area contributed by atoms with Crippen LogP contribution in [0.5, 0.6) is 0 Å². The van der Waals surface area contributed by atoms with Crippen LogP contribution in [0.15, 0.2) is 170 Å². The van der Waals surface area contributed by atoms with E-state index in [1.165, 1.54) is 72.0 Å². The van der Waals surface area contributed by atoms with Crippen LogP contribution in [-0.2, 0) is 10.8 Å². The van der Waals surface area contributed by atoms with E-state index in [-0.39, 0.29) is 10.8 Å². The van der Waals surface area contributed by atoms with E-state index in [2.05, 4.69) is 207 Å². The minimum atomic E-state index is -0.218. The minimum absolute atomic E-state index is 0.0994. The van der Waals surface area contributed by atoms with Crippen LogP contribution in [0, 0.1) is 0 Å². The third-order valence-electron chi connectivity index (χ3n) is 11.8. The molecule has 0 saturated carbocycles. The Morgan fingerprint density at radius 3 is 1.60 bits per heavy atom. The van der Waals surface area contributed by atoms with E-state index < -0.39 is 0 Å². The molecule has 2 aliphatic heterocycles. The SMILES string of the molecule is CC1(C)c2ccccc2N2c3ccc(N(c4ccc(-c5ccc6ccccc6c5)cc4)c4ccc5ccccc5c4)cc3C(C)(C)c3cccc1c32. The summed E-state index contributed by atoms with van der Waals surface area (Å²) >= 11 is 0. The molecular formula is C50H40N2. The van der Waals surface area contributed by atoms with Crippen LogP contribution in [0.2, 0.25) is 0 Å². The van der Waals surface area contributed by atoms with Gasteiger partial charge in [-0.15, -0.1) is 0 Å². The Kier molecular flexibility index (Phi) is 6.60. The van der Waals surface area contributed by atoms with Crippen molar-refractivity contribution in [1.82, 2.24) is 0 Å². The Morgan fingerprint density at radius 1 is 0.365 bits per heavy atom. The van der Waals surface area contributed by atoms with Crippen molar-refractivity contribution in [1.29, 1.82) is 0 Å². The molecule has 250 valence electrons. The predicted octanol–water partition coefficient (Wildman–Crippen LogP) is 13.9. The van der Waals surface area contributed by atoms with Gasteiger partial charge in [0.15, 0.2) is 0 Å². The number of fused-ring (bicyclic) bond motifs is 6. The van der Waals surface area contributed by atoms with Crippen molar-refractivity contribution in [3.8, 4) is 11.1 Å². The molecule has 0 unspecified atom stereocenters. The van der Waals surface area contributed by atoms with E-state index in [1.807, 2.05) is 0 Å². The number of benzene rings is 8. The van der Waals surface area contributed by atoms with Crippen LogP contribution < -0.4 is 9.80 Å². The summed E-state index contributed by atoms with van der Waals surface area (Å²) < 4.78 is 0. The third-order valence-corrected chi connectivity index (χ3v) is 11.8. The molecule has 8 aromatic carbocycles. The van der Waals surface area contributed by atoms with Gasteiger partial charge < -0.3 is 9.80 Å². The summed E-state index contributed by atoms with van der Waals surface area (Å²) in [4.78, 5) is 4.96. The van der Waals surface area contributed by atoms with E-state index in [1.54, 1.807) is 0 Å². The van der Waals surface area contributed by atoms with Crippen molar-refractivity contribution in [3.63, 3.8) is 0 Å². The van der Waals surface area contributed by atoms with Crippen molar-refractivity contribution in [2.24, 2.45) is 0 Å². The van der Waals surface area contributed by atoms with E-state index in [0.717, 1.165) is 17.1 Å². The molecule has 52 heavy (non-hydrogen) atoms. The van der Waals surface area contributed by atoms with Gasteiger partial charge in [-0.1, -0.05) is 143 Å². The molecule has 0 saturated heterocycles. The number of nitrogens with zero attached hydrogens (tertiary/aromatic N) is 2. The van der Waals surface area contributed by atoms with E-state index in [0.29, 0.717) is 0 Å². The molecule has 0 aliphatic carbocycles. The van der Waals surface area contributed by atoms with Gasteiger partial charge in [0.2, 0.25) is 0 Å². The van der Waals surface area contributed by atoms with E-state index in [4.69, 9.17) is 0 Å². The molecule has 0 N–H and O–H groups in total. The summed E-state index contributed by atoms with van der Waals surface area (Å²) in [6.07, 6.45) is 0. The molecule has 0 radical (unpaired) electrons. The van der Waals surface area contributed by atoms with Crippen LogP contribution >= 0.6 is 0 Å². The highest BCUT2D eigenvalue weighted by Gasteiger charge is 2.45. The average molecular weight is 669 g/mol. The standard InChI is InChI=1S/C50H40N2/c1-49(2)42-16-9-10-19-46(42)52-47-29-28-41(32-45(47)50(3,4)44-18-11-17-43(49)48(44)52)51(40-27-24-34-13-6-8-15-37(34)31-40)39-25-22-35(23-26-39)38-21-20-33-12-5-7-14-36(33)30-38/h5-32H,1-4H3. The molecule has 0 spiro atoms. The molecule has 10 rings (SSSR count). The number of hydrogen-bond acceptors (Lipinski definition) is 2. The second kappa shape index (κ2) is 11.2. The van der Waals surface area contributed by atoms with Gasteiger partial charge in [0, 0.05) is 27.9 Å². The summed E-state index contributed by atoms with van der Waals surface area (Å²) in [6, 6.07) is 62.9. The average Bonchev–Trinajstić information content (AvgIpc) is 3.18. The maximum Gasteiger partial charge on any atom is 0.0543 e. The summed E-state index contributed by atoms with van der Waals surface area (Å²) in [7, 11) is 0. The Morgan fingerprint density at radius 2 is 0.865 bits per heavy atom. The maximum absolute atomic E-state index is 2.54. The van der Waals surface area contributed by atoms with Gasteiger partial charge in [-0.05, 0) is 110 Å². The van der Waals surface area contributed by atoms with Crippen molar-refractivity contribution in [3.05, 3.63) is 192 Å². The predicted molar refractivity (Wildman–Crippen MR) is 221 cm³/mol. The summed E-state index contributed by atoms with van der Waals surface area (Å²) in [5.74, 6) is 0. The molecule has 0 amide bonds. The number of anilines is 6. The van der Waals surface area contributed by atoms with Crippen molar-refractivity contribution >= 4 is 55.7 Å². The molecule has 2 heteroatoms. The quantitative estimate of drug-likeness (QED) is 0.184. The maximum atomic E-state index is 2.54. The van der Waals surface area contributed by atoms with Crippen LogP contribution in [0.25, 0.3) is 32.7 Å². The van der Waals surface area contributed by atoms with E-state index >= 15 is 0 Å². The summed E-state index contributed by atoms with van der Waals surface area (Å²) in [5.41, 5.74) is 14.8. The topological polar surface area (TPSA) is 6.48 Å². The normalized spacial score (nSPS) is 14.8. The van der Waals surface area contributed by atoms with Gasteiger partial charge in [-0.3, -0.25) is 0 Å². The molecule has 2 aliphatic rings. The lowest BCUT2D eigenvalue weighted by atomic mass is 9.66. The number of rotatable bonds is 4. The van der Waals surface area contributed by atoms with Crippen LogP contribution in [0.4, 0.5) is 34.1 Å². The minimum Gasteiger partial charge on any atom is -0.310 e. The van der Waals surface area contributed by atoms with Crippen LogP contribution in [-0.4, -0.2) is 0 Å². The Labute approximate surface area is 306 Å². The van der Waals surface area contributed by atoms with Gasteiger partial charge >= 0.3 is 0 Å². The summed E-state index contributed by atoms with van der Waals surface area (Å²) in [6.45, 7) is 9.54. The van der Waals surface area contributed by atoms with Gasteiger partial charge in [0.05, 0.1) is 17.1 Å². The monoisotopic (exact) mass is 668 g/mol. The zero-order chi connectivity index (χ0) is 35.2. The van der Waals surface area contributed by atoms with Crippen molar-refractivity contribution in [2.45, 2.75) is 38.5 Å². The molecule has 0 aromatic heterocycles. The lowest BCUT2D eigenvalue weighted by Gasteiger charge is -2.49. The second-order valence-corrected chi connectivity index (χ2v) is 15.5. The van der Waals surface area contributed by atoms with Crippen LogP contribution in [0.3, 0.4) is 0 Å². The largest absolute Gasteiger partial charge is 0.310 e. The third kappa shape index (κ3) is 4.50. The lowest BCUT2D eigenvalue weighted by Crippen LogP contribution is -2.38. The molecule has 2 nitrogen and oxygen atoms in total. The van der Waals surface area contributed by atoms with E-state index in [9.17, 15) is 0 Å². The Balaban J connectivity index is 1.15. The zero-order valence-corrected chi connectivity index (χ0v) is 30.1. The molecule has 0 atom stereocenters. The highest BCUT2D eigenvalue weighted by atomic mass is 15.2. The van der Waals surface area contributed by atoms with Gasteiger partial charge in [0.1, 0.15) is 0 Å². The molecule has 0 bridgehead atoms. The van der Waals surface area contributed by atoms with Gasteiger partial charge in [0.25, 0.3) is 0 Å². The second-order valence-electron chi connectivity index (χ2n) is 15.5. The zero-order valence-electron chi connectivity index (χ0n) is 30.1. The fraction of sp³-hybridized carbons (Fsp3) is 0.120. The summed E-state index contributed by atoms with van der Waals surface area (Å²) in [5, 5.41) is 4.98. The first-order valence-corrected chi connectivity index (χ1v) is 18.4. The first-order valence-electron chi connectivity index (χ1n) is 18.4. The first kappa shape index (κ1) is 30.7. The van der Waals surface area contributed by atoms with Crippen LogP contribution in [0.1, 0.15) is 49.9 Å². The van der Waals surface area contributed by atoms with Gasteiger partial charge in [-0.25, -0.2) is 0 Å². The first-order chi connectivity index (χ1) is 25.3. The molecular weight excluding hydrogens is 629 g/mol. The highest BCUT2D eigenvalue weighted by molar-refractivity contribution is 5.95.